The third-order valence-corrected chi connectivity index (χ3v) is 4.48. The summed E-state index contributed by atoms with van der Waals surface area (Å²) in [5.74, 6) is 0.784. The second-order valence-corrected chi connectivity index (χ2v) is 6.50. The van der Waals surface area contributed by atoms with E-state index in [1.165, 1.54) is 14.2 Å². The number of nitrogens with one attached hydrogen (secondary N) is 2. The normalized spacial score (nSPS) is 14.9. The quantitative estimate of drug-likeness (QED) is 0.695. The number of ether oxygens (including phenoxy) is 3. The number of benzene rings is 2. The zero-order valence-electron chi connectivity index (χ0n) is 16.4. The van der Waals surface area contributed by atoms with Crippen LogP contribution < -0.4 is 24.8 Å². The smallest absolute Gasteiger partial charge is 0.265 e. The molecule has 8 heteroatoms. The maximum atomic E-state index is 12.4. The van der Waals surface area contributed by atoms with Crippen LogP contribution in [-0.2, 0) is 9.59 Å². The molecule has 0 bridgehead atoms. The van der Waals surface area contributed by atoms with Crippen molar-refractivity contribution in [3.8, 4) is 17.2 Å². The van der Waals surface area contributed by atoms with Crippen LogP contribution in [0.15, 0.2) is 36.4 Å². The predicted octanol–water partition coefficient (Wildman–Crippen LogP) is 3.02. The van der Waals surface area contributed by atoms with Gasteiger partial charge < -0.3 is 24.8 Å². The van der Waals surface area contributed by atoms with Crippen molar-refractivity contribution in [3.05, 3.63) is 42.0 Å². The summed E-state index contributed by atoms with van der Waals surface area (Å²) >= 11 is 0. The van der Waals surface area contributed by atoms with Crippen LogP contribution in [0.1, 0.15) is 30.1 Å². The van der Waals surface area contributed by atoms with Crippen LogP contribution in [0.5, 0.6) is 17.2 Å². The molecule has 2 aromatic carbocycles. The van der Waals surface area contributed by atoms with E-state index in [0.717, 1.165) is 0 Å². The molecule has 0 aliphatic carbocycles. The van der Waals surface area contributed by atoms with Crippen molar-refractivity contribution in [2.75, 3.05) is 24.9 Å². The van der Waals surface area contributed by atoms with E-state index in [1.54, 1.807) is 43.3 Å². The van der Waals surface area contributed by atoms with E-state index in [0.29, 0.717) is 34.2 Å². The minimum atomic E-state index is -0.564. The lowest BCUT2D eigenvalue weighted by Gasteiger charge is -2.23. The number of hydrogen-bond donors (Lipinski definition) is 2. The second-order valence-electron chi connectivity index (χ2n) is 6.50. The lowest BCUT2D eigenvalue weighted by atomic mass is 10.1. The summed E-state index contributed by atoms with van der Waals surface area (Å²) in [6.07, 6.45) is -0.501. The summed E-state index contributed by atoms with van der Waals surface area (Å²) in [7, 11) is 3.01. The Hall–Kier alpha value is -3.55. The third kappa shape index (κ3) is 4.66. The fourth-order valence-electron chi connectivity index (χ4n) is 2.89. The Balaban J connectivity index is 1.58. The van der Waals surface area contributed by atoms with Crippen molar-refractivity contribution in [1.29, 1.82) is 0 Å². The Bertz CT molecular complexity index is 956. The van der Waals surface area contributed by atoms with Crippen molar-refractivity contribution >= 4 is 29.0 Å². The van der Waals surface area contributed by atoms with E-state index in [9.17, 15) is 14.4 Å². The van der Waals surface area contributed by atoms with E-state index >= 15 is 0 Å². The summed E-state index contributed by atoms with van der Waals surface area (Å²) in [6, 6.07) is 9.84. The predicted molar refractivity (Wildman–Crippen MR) is 107 cm³/mol. The molecule has 2 aromatic rings. The molecule has 0 unspecified atom stereocenters. The summed E-state index contributed by atoms with van der Waals surface area (Å²) in [5, 5.41) is 5.45. The van der Waals surface area contributed by atoms with Crippen LogP contribution >= 0.6 is 0 Å². The number of carbonyl (C=O) groups excluding carboxylic acids is 3. The molecule has 8 nitrogen and oxygen atoms in total. The number of amides is 2. The van der Waals surface area contributed by atoms with E-state index < -0.39 is 6.10 Å². The molecule has 0 saturated carbocycles. The lowest BCUT2D eigenvalue weighted by Crippen LogP contribution is -2.34. The molecule has 0 fully saturated rings. The Morgan fingerprint density at radius 3 is 2.55 bits per heavy atom. The molecule has 0 aromatic heterocycles. The van der Waals surface area contributed by atoms with E-state index in [4.69, 9.17) is 14.2 Å². The van der Waals surface area contributed by atoms with Gasteiger partial charge in [-0.2, -0.15) is 0 Å². The molecule has 0 saturated heterocycles. The number of carbonyl (C=O) groups is 3. The van der Waals surface area contributed by atoms with Gasteiger partial charge in [0.2, 0.25) is 5.91 Å². The summed E-state index contributed by atoms with van der Waals surface area (Å²) in [4.78, 5) is 36.3. The van der Waals surface area contributed by atoms with Crippen LogP contribution in [0.25, 0.3) is 0 Å². The first-order valence-electron chi connectivity index (χ1n) is 9.08. The van der Waals surface area contributed by atoms with Gasteiger partial charge in [-0.25, -0.2) is 0 Å². The van der Waals surface area contributed by atoms with Crippen molar-refractivity contribution in [1.82, 2.24) is 0 Å². The Labute approximate surface area is 168 Å². The molecule has 152 valence electrons. The van der Waals surface area contributed by atoms with Gasteiger partial charge in [-0.15, -0.1) is 0 Å². The van der Waals surface area contributed by atoms with Gasteiger partial charge in [0.25, 0.3) is 5.91 Å². The Morgan fingerprint density at radius 1 is 1.07 bits per heavy atom. The van der Waals surface area contributed by atoms with Gasteiger partial charge in [-0.3, -0.25) is 14.4 Å². The number of ketones is 1. The molecule has 2 amide bonds. The second kappa shape index (κ2) is 8.64. The van der Waals surface area contributed by atoms with E-state index in [2.05, 4.69) is 10.6 Å². The van der Waals surface area contributed by atoms with Gasteiger partial charge in [0.05, 0.1) is 19.9 Å². The van der Waals surface area contributed by atoms with Crippen molar-refractivity contribution < 1.29 is 28.6 Å². The summed E-state index contributed by atoms with van der Waals surface area (Å²) in [5.41, 5.74) is 1.44. The number of Topliss-reactive ketones (excluding diaryl/α,β-unsaturated/α-hetero) is 1. The first-order valence-corrected chi connectivity index (χ1v) is 9.08. The zero-order chi connectivity index (χ0) is 21.0. The van der Waals surface area contributed by atoms with Crippen LogP contribution in [0.3, 0.4) is 0 Å². The van der Waals surface area contributed by atoms with Gasteiger partial charge in [-0.05, 0) is 43.3 Å². The van der Waals surface area contributed by atoms with Crippen LogP contribution in [-0.4, -0.2) is 37.9 Å². The van der Waals surface area contributed by atoms with Gasteiger partial charge >= 0.3 is 0 Å². The van der Waals surface area contributed by atoms with Gasteiger partial charge in [0, 0.05) is 24.1 Å². The minimum absolute atomic E-state index is 0.0180. The molecule has 0 spiro atoms. The Morgan fingerprint density at radius 2 is 1.83 bits per heavy atom. The maximum Gasteiger partial charge on any atom is 0.265 e. The molecule has 1 atom stereocenters. The van der Waals surface area contributed by atoms with Crippen LogP contribution in [0.2, 0.25) is 0 Å². The number of fused-ring (bicyclic) bond motifs is 1. The zero-order valence-corrected chi connectivity index (χ0v) is 16.4. The number of hydrogen-bond acceptors (Lipinski definition) is 6. The standard InChI is InChI=1S/C21H22N2O6/c1-12-21(26)23-15-11-14(5-8-17(15)29-12)22-20(25)9-6-16(24)13-4-7-18(27-2)19(10-13)28-3/h4-5,7-8,10-12H,6,9H2,1-3H3,(H,22,25)(H,23,26)/t12-/m0/s1. The third-order valence-electron chi connectivity index (χ3n) is 4.48. The fraction of sp³-hybridized carbons (Fsp3) is 0.286. The molecule has 3 rings (SSSR count). The molecule has 2 N–H and O–H groups in total. The summed E-state index contributed by atoms with van der Waals surface area (Å²) in [6.45, 7) is 1.66. The number of anilines is 2. The van der Waals surface area contributed by atoms with Crippen molar-refractivity contribution in [2.45, 2.75) is 25.9 Å². The van der Waals surface area contributed by atoms with Gasteiger partial charge in [-0.1, -0.05) is 0 Å². The minimum Gasteiger partial charge on any atom is -0.493 e. The average Bonchev–Trinajstić information content (AvgIpc) is 2.72. The van der Waals surface area contributed by atoms with Gasteiger partial charge in [0.15, 0.2) is 23.4 Å². The SMILES string of the molecule is COc1ccc(C(=O)CCC(=O)Nc2ccc3c(c2)NC(=O)[C@H](C)O3)cc1OC. The van der Waals surface area contributed by atoms with E-state index in [1.807, 2.05) is 0 Å². The van der Waals surface area contributed by atoms with Crippen molar-refractivity contribution in [2.24, 2.45) is 0 Å². The highest BCUT2D eigenvalue weighted by molar-refractivity contribution is 6.01. The number of methoxy groups -OCH3 is 2. The number of rotatable bonds is 7. The average molecular weight is 398 g/mol. The van der Waals surface area contributed by atoms with Crippen molar-refractivity contribution in [3.63, 3.8) is 0 Å². The molecular weight excluding hydrogens is 376 g/mol. The maximum absolute atomic E-state index is 12.4. The monoisotopic (exact) mass is 398 g/mol. The topological polar surface area (TPSA) is 103 Å². The first kappa shape index (κ1) is 20.2. The van der Waals surface area contributed by atoms with Crippen LogP contribution in [0, 0.1) is 0 Å². The van der Waals surface area contributed by atoms with Crippen LogP contribution in [0.4, 0.5) is 11.4 Å². The molecule has 0 radical (unpaired) electrons. The summed E-state index contributed by atoms with van der Waals surface area (Å²) < 4.78 is 15.8. The lowest BCUT2D eigenvalue weighted by molar-refractivity contribution is -0.122. The van der Waals surface area contributed by atoms with E-state index in [-0.39, 0.29) is 30.4 Å². The largest absolute Gasteiger partial charge is 0.493 e. The molecule has 1 aliphatic rings. The highest BCUT2D eigenvalue weighted by Gasteiger charge is 2.23. The van der Waals surface area contributed by atoms with Gasteiger partial charge in [0.1, 0.15) is 5.75 Å². The first-order chi connectivity index (χ1) is 13.9. The fourth-order valence-corrected chi connectivity index (χ4v) is 2.89. The Kier molecular flexibility index (Phi) is 6.01. The highest BCUT2D eigenvalue weighted by Crippen LogP contribution is 2.32. The molecular formula is C21H22N2O6. The molecule has 1 heterocycles. The highest BCUT2D eigenvalue weighted by atomic mass is 16.5. The molecule has 29 heavy (non-hydrogen) atoms. The molecule has 1 aliphatic heterocycles.